The van der Waals surface area contributed by atoms with E-state index in [1.165, 1.54) is 31.4 Å². The highest BCUT2D eigenvalue weighted by Crippen LogP contribution is 2.14. The first-order valence-electron chi connectivity index (χ1n) is 7.47. The molecule has 0 aliphatic carbocycles. The minimum atomic E-state index is 0.440. The summed E-state index contributed by atoms with van der Waals surface area (Å²) in [5, 5.41) is 3.41. The molecular formula is C15H30N2O. The Morgan fingerprint density at radius 2 is 2.22 bits per heavy atom. The summed E-state index contributed by atoms with van der Waals surface area (Å²) in [6, 6.07) is 0. The average molecular weight is 254 g/mol. The van der Waals surface area contributed by atoms with Gasteiger partial charge in [-0.3, -0.25) is 4.90 Å². The number of likely N-dealkylation sites (tertiary alicyclic amines) is 1. The molecule has 18 heavy (non-hydrogen) atoms. The zero-order valence-electron chi connectivity index (χ0n) is 12.2. The summed E-state index contributed by atoms with van der Waals surface area (Å²) < 4.78 is 5.86. The van der Waals surface area contributed by atoms with Crippen LogP contribution < -0.4 is 5.32 Å². The lowest BCUT2D eigenvalue weighted by molar-refractivity contribution is 0.00237. The molecule has 1 aliphatic rings. The van der Waals surface area contributed by atoms with Crippen LogP contribution in [0, 0.1) is 0 Å². The van der Waals surface area contributed by atoms with Gasteiger partial charge in [0, 0.05) is 26.2 Å². The van der Waals surface area contributed by atoms with Crippen LogP contribution in [-0.4, -0.2) is 50.3 Å². The second kappa shape index (κ2) is 9.54. The van der Waals surface area contributed by atoms with Crippen LogP contribution in [0.1, 0.15) is 39.5 Å². The van der Waals surface area contributed by atoms with Crippen LogP contribution in [-0.2, 0) is 4.74 Å². The Morgan fingerprint density at radius 1 is 1.39 bits per heavy atom. The van der Waals surface area contributed by atoms with Crippen LogP contribution in [0.2, 0.25) is 0 Å². The molecule has 1 rings (SSSR count). The van der Waals surface area contributed by atoms with Crippen LogP contribution in [0.3, 0.4) is 0 Å². The maximum atomic E-state index is 5.86. The molecule has 0 amide bonds. The van der Waals surface area contributed by atoms with E-state index in [9.17, 15) is 0 Å². The van der Waals surface area contributed by atoms with Crippen LogP contribution in [0.25, 0.3) is 0 Å². The summed E-state index contributed by atoms with van der Waals surface area (Å²) in [5.41, 5.74) is 1.29. The molecule has 0 aromatic carbocycles. The molecule has 1 N–H and O–H groups in total. The third kappa shape index (κ3) is 6.53. The van der Waals surface area contributed by atoms with Gasteiger partial charge < -0.3 is 10.1 Å². The second-order valence-electron chi connectivity index (χ2n) is 5.30. The fourth-order valence-electron chi connectivity index (χ4n) is 2.39. The normalized spacial score (nSPS) is 21.1. The minimum absolute atomic E-state index is 0.440. The van der Waals surface area contributed by atoms with E-state index in [-0.39, 0.29) is 0 Å². The lowest BCUT2D eigenvalue weighted by Gasteiger charge is -2.33. The first kappa shape index (κ1) is 15.7. The van der Waals surface area contributed by atoms with E-state index in [1.807, 2.05) is 0 Å². The summed E-state index contributed by atoms with van der Waals surface area (Å²) >= 11 is 0. The lowest BCUT2D eigenvalue weighted by Crippen LogP contribution is -2.41. The molecule has 1 saturated heterocycles. The van der Waals surface area contributed by atoms with Gasteiger partial charge in [0.05, 0.1) is 6.10 Å². The maximum Gasteiger partial charge on any atom is 0.0702 e. The van der Waals surface area contributed by atoms with Gasteiger partial charge in [-0.2, -0.15) is 0 Å². The van der Waals surface area contributed by atoms with E-state index >= 15 is 0 Å². The highest BCUT2D eigenvalue weighted by molar-refractivity contribution is 5.00. The van der Waals surface area contributed by atoms with Crippen molar-refractivity contribution in [2.45, 2.75) is 45.6 Å². The highest BCUT2D eigenvalue weighted by atomic mass is 16.5. The van der Waals surface area contributed by atoms with Crippen molar-refractivity contribution in [2.75, 3.05) is 39.3 Å². The fraction of sp³-hybridized carbons (Fsp3) is 0.867. The third-order valence-electron chi connectivity index (χ3n) is 3.27. The van der Waals surface area contributed by atoms with Gasteiger partial charge in [-0.05, 0) is 44.3 Å². The molecule has 1 atom stereocenters. The maximum absolute atomic E-state index is 5.86. The molecule has 1 heterocycles. The van der Waals surface area contributed by atoms with Crippen molar-refractivity contribution in [3.63, 3.8) is 0 Å². The van der Waals surface area contributed by atoms with Crippen molar-refractivity contribution in [1.82, 2.24) is 10.2 Å². The zero-order valence-corrected chi connectivity index (χ0v) is 12.2. The van der Waals surface area contributed by atoms with Gasteiger partial charge in [0.25, 0.3) is 0 Å². The molecule has 1 fully saturated rings. The quantitative estimate of drug-likeness (QED) is 0.505. The molecule has 0 aromatic heterocycles. The summed E-state index contributed by atoms with van der Waals surface area (Å²) in [4.78, 5) is 2.49. The Bertz CT molecular complexity index is 231. The summed E-state index contributed by atoms with van der Waals surface area (Å²) in [6.45, 7) is 14.7. The van der Waals surface area contributed by atoms with Gasteiger partial charge in [-0.25, -0.2) is 0 Å². The van der Waals surface area contributed by atoms with Gasteiger partial charge in [-0.15, -0.1) is 0 Å². The summed E-state index contributed by atoms with van der Waals surface area (Å²) in [5.74, 6) is 0. The monoisotopic (exact) mass is 254 g/mol. The Balaban J connectivity index is 2.18. The smallest absolute Gasteiger partial charge is 0.0702 e. The molecule has 0 aromatic rings. The van der Waals surface area contributed by atoms with Crippen molar-refractivity contribution in [3.05, 3.63) is 12.2 Å². The van der Waals surface area contributed by atoms with Crippen LogP contribution in [0.15, 0.2) is 12.2 Å². The molecule has 1 aliphatic heterocycles. The molecule has 1 unspecified atom stereocenters. The van der Waals surface area contributed by atoms with Gasteiger partial charge >= 0.3 is 0 Å². The zero-order chi connectivity index (χ0) is 13.2. The first-order valence-corrected chi connectivity index (χ1v) is 7.47. The fourth-order valence-corrected chi connectivity index (χ4v) is 2.39. The summed E-state index contributed by atoms with van der Waals surface area (Å²) in [6.07, 6.45) is 5.21. The first-order chi connectivity index (χ1) is 8.76. The minimum Gasteiger partial charge on any atom is -0.377 e. The van der Waals surface area contributed by atoms with E-state index in [4.69, 9.17) is 4.74 Å². The van der Waals surface area contributed by atoms with Crippen LogP contribution in [0.4, 0.5) is 0 Å². The number of rotatable bonds is 9. The van der Waals surface area contributed by atoms with Crippen molar-refractivity contribution < 1.29 is 4.74 Å². The Hall–Kier alpha value is -0.380. The molecule has 3 heteroatoms. The number of hydrogen-bond acceptors (Lipinski definition) is 3. The van der Waals surface area contributed by atoms with E-state index in [2.05, 4.69) is 30.6 Å². The van der Waals surface area contributed by atoms with E-state index in [0.717, 1.165) is 39.2 Å². The largest absolute Gasteiger partial charge is 0.377 e. The predicted molar refractivity (Wildman–Crippen MR) is 78.0 cm³/mol. The molecule has 0 spiro atoms. The summed E-state index contributed by atoms with van der Waals surface area (Å²) in [7, 11) is 0. The lowest BCUT2D eigenvalue weighted by atomic mass is 10.1. The Morgan fingerprint density at radius 3 is 2.94 bits per heavy atom. The van der Waals surface area contributed by atoms with E-state index in [0.29, 0.717) is 6.10 Å². The number of nitrogens with zero attached hydrogens (tertiary/aromatic N) is 1. The SMILES string of the molecule is C=C(CNCCC)CN1CCCC(OCCC)C1. The average Bonchev–Trinajstić information content (AvgIpc) is 2.37. The molecule has 0 bridgehead atoms. The van der Waals surface area contributed by atoms with Crippen molar-refractivity contribution >= 4 is 0 Å². The van der Waals surface area contributed by atoms with Crippen molar-refractivity contribution in [2.24, 2.45) is 0 Å². The number of hydrogen-bond donors (Lipinski definition) is 1. The standard InChI is InChI=1S/C15H30N2O/c1-4-8-16-11-14(3)12-17-9-6-7-15(13-17)18-10-5-2/h15-16H,3-13H2,1-2H3. The number of piperidine rings is 1. The topological polar surface area (TPSA) is 24.5 Å². The molecule has 0 radical (unpaired) electrons. The molecule has 106 valence electrons. The van der Waals surface area contributed by atoms with E-state index in [1.54, 1.807) is 0 Å². The van der Waals surface area contributed by atoms with Crippen LogP contribution >= 0.6 is 0 Å². The van der Waals surface area contributed by atoms with Gasteiger partial charge in [0.2, 0.25) is 0 Å². The van der Waals surface area contributed by atoms with Crippen molar-refractivity contribution in [1.29, 1.82) is 0 Å². The molecular weight excluding hydrogens is 224 g/mol. The second-order valence-corrected chi connectivity index (χ2v) is 5.30. The number of nitrogens with one attached hydrogen (secondary N) is 1. The van der Waals surface area contributed by atoms with Gasteiger partial charge in [0.15, 0.2) is 0 Å². The van der Waals surface area contributed by atoms with Gasteiger partial charge in [0.1, 0.15) is 0 Å². The van der Waals surface area contributed by atoms with E-state index < -0.39 is 0 Å². The highest BCUT2D eigenvalue weighted by Gasteiger charge is 2.20. The molecule has 3 nitrogen and oxygen atoms in total. The molecule has 0 saturated carbocycles. The Labute approximate surface area is 113 Å². The third-order valence-corrected chi connectivity index (χ3v) is 3.27. The number of ether oxygens (including phenoxy) is 1. The predicted octanol–water partition coefficient (Wildman–Crippen LogP) is 2.43. The van der Waals surface area contributed by atoms with Gasteiger partial charge in [-0.1, -0.05) is 20.4 Å². The Kier molecular flexibility index (Phi) is 8.31. The van der Waals surface area contributed by atoms with Crippen LogP contribution in [0.5, 0.6) is 0 Å². The van der Waals surface area contributed by atoms with Crippen molar-refractivity contribution in [3.8, 4) is 0 Å².